The number of ether oxygens (including phenoxy) is 1. The molecule has 9 nitrogen and oxygen atoms in total. The normalized spacial score (nSPS) is 21.9. The lowest BCUT2D eigenvalue weighted by atomic mass is 9.97. The van der Waals surface area contributed by atoms with Gasteiger partial charge in [0, 0.05) is 18.5 Å². The zero-order valence-corrected chi connectivity index (χ0v) is 18.8. The van der Waals surface area contributed by atoms with Crippen LogP contribution in [0.25, 0.3) is 0 Å². The van der Waals surface area contributed by atoms with E-state index in [2.05, 4.69) is 15.1 Å². The van der Waals surface area contributed by atoms with Crippen molar-refractivity contribution in [1.29, 1.82) is 0 Å². The van der Waals surface area contributed by atoms with Crippen LogP contribution in [-0.2, 0) is 23.2 Å². The number of fused-ring (bicyclic) bond motifs is 1. The van der Waals surface area contributed by atoms with Crippen molar-refractivity contribution in [3.8, 4) is 0 Å². The number of halogens is 4. The minimum atomic E-state index is -4.61. The lowest BCUT2D eigenvalue weighted by Gasteiger charge is -2.40. The Hall–Kier alpha value is -2.70. The minimum absolute atomic E-state index is 0.0162. The van der Waals surface area contributed by atoms with Crippen molar-refractivity contribution < 1.29 is 26.8 Å². The van der Waals surface area contributed by atoms with Gasteiger partial charge in [-0.25, -0.2) is 0 Å². The van der Waals surface area contributed by atoms with Crippen LogP contribution < -0.4 is 15.4 Å². The second kappa shape index (κ2) is 8.26. The molecule has 0 aliphatic carbocycles. The second-order valence-corrected chi connectivity index (χ2v) is 9.36. The van der Waals surface area contributed by atoms with Gasteiger partial charge in [-0.3, -0.25) is 9.36 Å². The number of alkyl halides is 3. The molecule has 0 saturated carbocycles. The summed E-state index contributed by atoms with van der Waals surface area (Å²) in [4.78, 5) is 23.7. The number of nitrogens with zero attached hydrogens (tertiary/aromatic N) is 6. The zero-order valence-electron chi connectivity index (χ0n) is 18.8. The first-order chi connectivity index (χ1) is 15.4. The third-order valence-corrected chi connectivity index (χ3v) is 5.77. The van der Waals surface area contributed by atoms with Crippen LogP contribution in [-0.4, -0.2) is 57.7 Å². The monoisotopic (exact) mass is 474 g/mol. The summed E-state index contributed by atoms with van der Waals surface area (Å²) in [6.07, 6.45) is -5.05. The standard InChI is InChI=1S/C20H26F4N6O3/c1-11-10-32-8-7-28(11)15-14(21)16(31)29-6-5-12(20(22,23)24)30(18(29)26-15)9-13-25-17(33-27-13)19(2,3)4/h11-12H,5-10H2,1-4H3/t11-,12+/m1/s1. The Morgan fingerprint density at radius 2 is 1.88 bits per heavy atom. The molecule has 4 rings (SSSR count). The molecule has 1 fully saturated rings. The van der Waals surface area contributed by atoms with Gasteiger partial charge in [0.05, 0.1) is 25.8 Å². The van der Waals surface area contributed by atoms with E-state index in [4.69, 9.17) is 9.26 Å². The van der Waals surface area contributed by atoms with E-state index >= 15 is 4.39 Å². The summed E-state index contributed by atoms with van der Waals surface area (Å²) in [5, 5.41) is 3.82. The van der Waals surface area contributed by atoms with Gasteiger partial charge in [-0.05, 0) is 13.3 Å². The van der Waals surface area contributed by atoms with E-state index in [0.29, 0.717) is 0 Å². The van der Waals surface area contributed by atoms with Crippen LogP contribution in [0, 0.1) is 5.82 Å². The maximum atomic E-state index is 15.0. The number of aromatic nitrogens is 4. The number of anilines is 2. The third-order valence-electron chi connectivity index (χ3n) is 5.77. The highest BCUT2D eigenvalue weighted by Gasteiger charge is 2.48. The molecule has 1 saturated heterocycles. The SMILES string of the molecule is C[C@@H]1COCCN1c1nc2n(c(=O)c1F)CC[C@@H](C(F)(F)F)N2Cc1noc(C(C)(C)C)n1. The molecule has 0 radical (unpaired) electrons. The average molecular weight is 474 g/mol. The zero-order chi connectivity index (χ0) is 24.1. The Morgan fingerprint density at radius 3 is 2.48 bits per heavy atom. The van der Waals surface area contributed by atoms with Gasteiger partial charge in [-0.15, -0.1) is 0 Å². The summed E-state index contributed by atoms with van der Waals surface area (Å²) < 4.78 is 68.4. The van der Waals surface area contributed by atoms with E-state index in [1.807, 2.05) is 20.8 Å². The van der Waals surface area contributed by atoms with Gasteiger partial charge in [0.15, 0.2) is 11.6 Å². The Balaban J connectivity index is 1.80. The van der Waals surface area contributed by atoms with Crippen molar-refractivity contribution in [1.82, 2.24) is 19.7 Å². The van der Waals surface area contributed by atoms with Crippen LogP contribution in [0.4, 0.5) is 29.3 Å². The van der Waals surface area contributed by atoms with Crippen LogP contribution in [0.3, 0.4) is 0 Å². The molecule has 0 spiro atoms. The molecule has 2 aliphatic rings. The molecular weight excluding hydrogens is 448 g/mol. The molecule has 2 aromatic heterocycles. The van der Waals surface area contributed by atoms with Gasteiger partial charge in [0.1, 0.15) is 6.04 Å². The molecule has 182 valence electrons. The van der Waals surface area contributed by atoms with Crippen LogP contribution in [0.2, 0.25) is 0 Å². The number of hydrogen-bond donors (Lipinski definition) is 0. The lowest BCUT2D eigenvalue weighted by molar-refractivity contribution is -0.153. The molecule has 0 bridgehead atoms. The van der Waals surface area contributed by atoms with Crippen molar-refractivity contribution >= 4 is 11.8 Å². The van der Waals surface area contributed by atoms with Gasteiger partial charge in [-0.1, -0.05) is 25.9 Å². The molecule has 0 amide bonds. The summed E-state index contributed by atoms with van der Waals surface area (Å²) in [5.41, 5.74) is -1.50. The second-order valence-electron chi connectivity index (χ2n) is 9.36. The minimum Gasteiger partial charge on any atom is -0.377 e. The average Bonchev–Trinajstić information content (AvgIpc) is 3.20. The van der Waals surface area contributed by atoms with E-state index in [1.54, 1.807) is 11.8 Å². The smallest absolute Gasteiger partial charge is 0.377 e. The highest BCUT2D eigenvalue weighted by molar-refractivity contribution is 5.48. The molecule has 0 aromatic carbocycles. The third kappa shape index (κ3) is 4.42. The fourth-order valence-electron chi connectivity index (χ4n) is 4.01. The highest BCUT2D eigenvalue weighted by atomic mass is 19.4. The first-order valence-corrected chi connectivity index (χ1v) is 10.7. The quantitative estimate of drug-likeness (QED) is 0.628. The van der Waals surface area contributed by atoms with Gasteiger partial charge >= 0.3 is 6.18 Å². The van der Waals surface area contributed by atoms with E-state index in [9.17, 15) is 18.0 Å². The summed E-state index contributed by atoms with van der Waals surface area (Å²) >= 11 is 0. The van der Waals surface area contributed by atoms with Crippen molar-refractivity contribution in [3.63, 3.8) is 0 Å². The van der Waals surface area contributed by atoms with E-state index < -0.39 is 42.0 Å². The van der Waals surface area contributed by atoms with Crippen molar-refractivity contribution in [3.05, 3.63) is 27.9 Å². The fraction of sp³-hybridized carbons (Fsp3) is 0.700. The number of hydrogen-bond acceptors (Lipinski definition) is 8. The van der Waals surface area contributed by atoms with E-state index in [1.165, 1.54) is 0 Å². The predicted octanol–water partition coefficient (Wildman–Crippen LogP) is 2.63. The van der Waals surface area contributed by atoms with E-state index in [0.717, 1.165) is 9.47 Å². The van der Waals surface area contributed by atoms with Gasteiger partial charge in [0.2, 0.25) is 17.7 Å². The maximum Gasteiger partial charge on any atom is 0.408 e. The number of rotatable bonds is 3. The number of morpholine rings is 1. The Kier molecular flexibility index (Phi) is 5.87. The molecule has 2 aliphatic heterocycles. The Morgan fingerprint density at radius 1 is 1.15 bits per heavy atom. The summed E-state index contributed by atoms with van der Waals surface area (Å²) in [5.74, 6) is -1.36. The Labute approximate surface area is 187 Å². The topological polar surface area (TPSA) is 89.5 Å². The molecule has 4 heterocycles. The molecule has 2 aromatic rings. The van der Waals surface area contributed by atoms with E-state index in [-0.39, 0.29) is 55.8 Å². The van der Waals surface area contributed by atoms with Crippen molar-refractivity contribution in [2.75, 3.05) is 29.6 Å². The van der Waals surface area contributed by atoms with Crippen LogP contribution in [0.1, 0.15) is 45.8 Å². The predicted molar refractivity (Wildman–Crippen MR) is 110 cm³/mol. The van der Waals surface area contributed by atoms with Crippen LogP contribution in [0.15, 0.2) is 9.32 Å². The summed E-state index contributed by atoms with van der Waals surface area (Å²) in [6, 6.07) is -2.24. The molecule has 13 heteroatoms. The first-order valence-electron chi connectivity index (χ1n) is 10.7. The maximum absolute atomic E-state index is 15.0. The summed E-state index contributed by atoms with van der Waals surface area (Å²) in [6.45, 7) is 7.38. The molecule has 0 unspecified atom stereocenters. The van der Waals surface area contributed by atoms with Gasteiger partial charge < -0.3 is 19.1 Å². The lowest BCUT2D eigenvalue weighted by Crippen LogP contribution is -2.53. The molecule has 2 atom stereocenters. The summed E-state index contributed by atoms with van der Waals surface area (Å²) in [7, 11) is 0. The van der Waals surface area contributed by atoms with Gasteiger partial charge in [-0.2, -0.15) is 27.5 Å². The van der Waals surface area contributed by atoms with Crippen molar-refractivity contribution in [2.45, 2.75) is 70.9 Å². The van der Waals surface area contributed by atoms with Crippen LogP contribution >= 0.6 is 0 Å². The fourth-order valence-corrected chi connectivity index (χ4v) is 4.01. The molecule has 0 N–H and O–H groups in total. The molecular formula is C20H26F4N6O3. The Bertz CT molecular complexity index is 1080. The first kappa shape index (κ1) is 23.5. The van der Waals surface area contributed by atoms with Crippen LogP contribution in [0.5, 0.6) is 0 Å². The van der Waals surface area contributed by atoms with Gasteiger partial charge in [0.25, 0.3) is 5.56 Å². The highest BCUT2D eigenvalue weighted by Crippen LogP contribution is 2.36. The van der Waals surface area contributed by atoms with Crippen molar-refractivity contribution in [2.24, 2.45) is 0 Å². The molecule has 33 heavy (non-hydrogen) atoms. The largest absolute Gasteiger partial charge is 0.408 e.